The van der Waals surface area contributed by atoms with Crippen molar-refractivity contribution < 1.29 is 4.74 Å². The van der Waals surface area contributed by atoms with Gasteiger partial charge in [-0.3, -0.25) is 9.78 Å². The van der Waals surface area contributed by atoms with Crippen molar-refractivity contribution in [2.24, 2.45) is 0 Å². The Hall–Kier alpha value is -1.89. The number of nitrogen functional groups attached to an aromatic ring is 1. The van der Waals surface area contributed by atoms with Crippen molar-refractivity contribution in [3.63, 3.8) is 0 Å². The van der Waals surface area contributed by atoms with Gasteiger partial charge in [-0.15, -0.1) is 0 Å². The van der Waals surface area contributed by atoms with Gasteiger partial charge in [0, 0.05) is 13.2 Å². The Balaban J connectivity index is 2.21. The fourth-order valence-electron chi connectivity index (χ4n) is 1.54. The molecule has 0 fully saturated rings. The fourth-order valence-corrected chi connectivity index (χ4v) is 1.54. The number of imidazole rings is 1. The predicted octanol–water partition coefficient (Wildman–Crippen LogP) is 0.128. The van der Waals surface area contributed by atoms with Crippen LogP contribution in [-0.4, -0.2) is 32.7 Å². The number of fused-ring (bicyclic) bond motifs is 1. The molecule has 2 rings (SSSR count). The SMILES string of the molecule is CCCOCCn1cnc2c(=O)[nH]c(N)nc21. The van der Waals surface area contributed by atoms with Crippen LogP contribution >= 0.6 is 0 Å². The second-order valence-electron chi connectivity index (χ2n) is 3.67. The number of H-pyrrole nitrogens is 1. The predicted molar refractivity (Wildman–Crippen MR) is 63.7 cm³/mol. The number of nitrogens with one attached hydrogen (secondary N) is 1. The van der Waals surface area contributed by atoms with Crippen LogP contribution in [-0.2, 0) is 11.3 Å². The number of nitrogens with two attached hydrogens (primary N) is 1. The molecule has 0 saturated carbocycles. The minimum Gasteiger partial charge on any atom is -0.380 e. The minimum absolute atomic E-state index is 0.0960. The lowest BCUT2D eigenvalue weighted by molar-refractivity contribution is 0.127. The van der Waals surface area contributed by atoms with Crippen LogP contribution in [0.15, 0.2) is 11.1 Å². The molecule has 2 aromatic rings. The van der Waals surface area contributed by atoms with E-state index in [1.807, 2.05) is 0 Å². The first-order valence-electron chi connectivity index (χ1n) is 5.50. The lowest BCUT2D eigenvalue weighted by atomic mass is 10.5. The number of ether oxygens (including phenoxy) is 1. The summed E-state index contributed by atoms with van der Waals surface area (Å²) in [5.74, 6) is 0.0960. The van der Waals surface area contributed by atoms with E-state index in [1.165, 1.54) is 0 Å². The topological polar surface area (TPSA) is 98.8 Å². The van der Waals surface area contributed by atoms with Crippen LogP contribution in [0, 0.1) is 0 Å². The van der Waals surface area contributed by atoms with Crippen LogP contribution in [0.25, 0.3) is 11.2 Å². The van der Waals surface area contributed by atoms with Gasteiger partial charge in [0.1, 0.15) is 0 Å². The van der Waals surface area contributed by atoms with Gasteiger partial charge in [0.05, 0.1) is 12.9 Å². The summed E-state index contributed by atoms with van der Waals surface area (Å²) in [6.45, 7) is 3.94. The second kappa shape index (κ2) is 4.96. The zero-order chi connectivity index (χ0) is 12.3. The molecule has 3 N–H and O–H groups in total. The van der Waals surface area contributed by atoms with Gasteiger partial charge < -0.3 is 15.0 Å². The Morgan fingerprint density at radius 2 is 2.35 bits per heavy atom. The van der Waals surface area contributed by atoms with Crippen LogP contribution in [0.4, 0.5) is 5.95 Å². The van der Waals surface area contributed by atoms with Crippen molar-refractivity contribution in [1.82, 2.24) is 19.5 Å². The Morgan fingerprint density at radius 3 is 3.12 bits per heavy atom. The van der Waals surface area contributed by atoms with Gasteiger partial charge in [0.25, 0.3) is 5.56 Å². The molecule has 0 unspecified atom stereocenters. The quantitative estimate of drug-likeness (QED) is 0.720. The first-order valence-corrected chi connectivity index (χ1v) is 5.50. The largest absolute Gasteiger partial charge is 0.380 e. The highest BCUT2D eigenvalue weighted by molar-refractivity contribution is 5.70. The van der Waals surface area contributed by atoms with Crippen molar-refractivity contribution in [2.45, 2.75) is 19.9 Å². The molecule has 0 atom stereocenters. The van der Waals surface area contributed by atoms with Gasteiger partial charge >= 0.3 is 0 Å². The van der Waals surface area contributed by atoms with Crippen LogP contribution < -0.4 is 11.3 Å². The van der Waals surface area contributed by atoms with Crippen LogP contribution in [0.2, 0.25) is 0 Å². The Kier molecular flexibility index (Phi) is 3.38. The summed E-state index contributed by atoms with van der Waals surface area (Å²) >= 11 is 0. The van der Waals surface area contributed by atoms with E-state index in [-0.39, 0.29) is 11.5 Å². The van der Waals surface area contributed by atoms with E-state index in [0.717, 1.165) is 13.0 Å². The highest BCUT2D eigenvalue weighted by Crippen LogP contribution is 2.05. The molecule has 0 saturated heterocycles. The smallest absolute Gasteiger partial charge is 0.280 e. The first kappa shape index (κ1) is 11.6. The van der Waals surface area contributed by atoms with Gasteiger partial charge in [-0.1, -0.05) is 6.92 Å². The van der Waals surface area contributed by atoms with Crippen molar-refractivity contribution in [2.75, 3.05) is 18.9 Å². The highest BCUT2D eigenvalue weighted by atomic mass is 16.5. The van der Waals surface area contributed by atoms with E-state index in [1.54, 1.807) is 10.9 Å². The van der Waals surface area contributed by atoms with Crippen molar-refractivity contribution >= 4 is 17.1 Å². The summed E-state index contributed by atoms with van der Waals surface area (Å²) in [6, 6.07) is 0. The van der Waals surface area contributed by atoms with Crippen molar-refractivity contribution in [3.8, 4) is 0 Å². The van der Waals surface area contributed by atoms with Gasteiger partial charge in [-0.05, 0) is 6.42 Å². The summed E-state index contributed by atoms with van der Waals surface area (Å²) in [4.78, 5) is 22.0. The molecule has 0 spiro atoms. The zero-order valence-corrected chi connectivity index (χ0v) is 9.64. The summed E-state index contributed by atoms with van der Waals surface area (Å²) in [7, 11) is 0. The maximum Gasteiger partial charge on any atom is 0.280 e. The number of hydrogen-bond donors (Lipinski definition) is 2. The average Bonchev–Trinajstić information content (AvgIpc) is 2.68. The van der Waals surface area contributed by atoms with Crippen molar-refractivity contribution in [1.29, 1.82) is 0 Å². The molecule has 2 aromatic heterocycles. The second-order valence-corrected chi connectivity index (χ2v) is 3.67. The monoisotopic (exact) mass is 237 g/mol. The molecular weight excluding hydrogens is 222 g/mol. The van der Waals surface area contributed by atoms with E-state index in [0.29, 0.717) is 24.3 Å². The summed E-state index contributed by atoms with van der Waals surface area (Å²) < 4.78 is 7.13. The molecule has 0 aliphatic carbocycles. The lowest BCUT2D eigenvalue weighted by Gasteiger charge is -2.04. The summed E-state index contributed by atoms with van der Waals surface area (Å²) in [5, 5.41) is 0. The van der Waals surface area contributed by atoms with Gasteiger partial charge in [-0.2, -0.15) is 4.98 Å². The molecule has 0 radical (unpaired) electrons. The van der Waals surface area contributed by atoms with Gasteiger partial charge in [0.15, 0.2) is 11.2 Å². The Morgan fingerprint density at radius 1 is 1.53 bits per heavy atom. The maximum atomic E-state index is 11.5. The average molecular weight is 237 g/mol. The first-order chi connectivity index (χ1) is 8.22. The van der Waals surface area contributed by atoms with Crippen LogP contribution in [0.3, 0.4) is 0 Å². The molecule has 0 aromatic carbocycles. The molecule has 17 heavy (non-hydrogen) atoms. The van der Waals surface area contributed by atoms with Crippen LogP contribution in [0.5, 0.6) is 0 Å². The summed E-state index contributed by atoms with van der Waals surface area (Å²) in [6.07, 6.45) is 2.55. The van der Waals surface area contributed by atoms with E-state index >= 15 is 0 Å². The number of aromatic nitrogens is 4. The van der Waals surface area contributed by atoms with Crippen LogP contribution in [0.1, 0.15) is 13.3 Å². The number of nitrogens with zero attached hydrogens (tertiary/aromatic N) is 3. The van der Waals surface area contributed by atoms with E-state index in [9.17, 15) is 4.79 Å². The molecule has 2 heterocycles. The Bertz CT molecular complexity index is 559. The highest BCUT2D eigenvalue weighted by Gasteiger charge is 2.08. The molecule has 0 aliphatic rings. The van der Waals surface area contributed by atoms with Gasteiger partial charge in [-0.25, -0.2) is 4.98 Å². The third kappa shape index (κ3) is 2.44. The van der Waals surface area contributed by atoms with E-state index in [4.69, 9.17) is 10.5 Å². The zero-order valence-electron chi connectivity index (χ0n) is 9.64. The fraction of sp³-hybridized carbons (Fsp3) is 0.500. The number of rotatable bonds is 5. The van der Waals surface area contributed by atoms with E-state index in [2.05, 4.69) is 21.9 Å². The molecule has 0 aliphatic heterocycles. The lowest BCUT2D eigenvalue weighted by Crippen LogP contribution is -2.13. The molecule has 7 nitrogen and oxygen atoms in total. The molecular formula is C10H15N5O2. The molecule has 0 bridgehead atoms. The maximum absolute atomic E-state index is 11.5. The normalized spacial score (nSPS) is 11.1. The number of anilines is 1. The minimum atomic E-state index is -0.319. The summed E-state index contributed by atoms with van der Waals surface area (Å²) in [5.41, 5.74) is 5.96. The number of hydrogen-bond acceptors (Lipinski definition) is 5. The molecule has 0 amide bonds. The molecule has 7 heteroatoms. The standard InChI is InChI=1S/C10H15N5O2/c1-2-4-17-5-3-15-6-12-7-8(15)13-10(11)14-9(7)16/h6H,2-5H2,1H3,(H3,11,13,14,16). The third-order valence-electron chi connectivity index (χ3n) is 2.32. The van der Waals surface area contributed by atoms with E-state index < -0.39 is 0 Å². The van der Waals surface area contributed by atoms with Crippen molar-refractivity contribution in [3.05, 3.63) is 16.7 Å². The Labute approximate surface area is 97.6 Å². The molecule has 92 valence electrons. The number of aromatic amines is 1. The van der Waals surface area contributed by atoms with Gasteiger partial charge in [0.2, 0.25) is 5.95 Å². The third-order valence-corrected chi connectivity index (χ3v) is 2.32.